The molecule has 0 aliphatic rings. The number of sulfonamides is 1. The monoisotopic (exact) mass is 511 g/mol. The highest BCUT2D eigenvalue weighted by Gasteiger charge is 2.34. The lowest BCUT2D eigenvalue weighted by molar-refractivity contribution is 0.291. The van der Waals surface area contributed by atoms with E-state index in [9.17, 15) is 13.2 Å². The highest BCUT2D eigenvalue weighted by molar-refractivity contribution is 7.89. The van der Waals surface area contributed by atoms with Gasteiger partial charge in [-0.3, -0.25) is 9.36 Å². The SMILES string of the molecule is CCCCN(C(CC)c1nc2cc(Cl)ccc2c(=O)n1CC)S(=O)(=O)c1ccc2ccccc2c1. The van der Waals surface area contributed by atoms with Gasteiger partial charge < -0.3 is 0 Å². The first kappa shape index (κ1) is 25.4. The van der Waals surface area contributed by atoms with Gasteiger partial charge in [0.05, 0.1) is 21.8 Å². The van der Waals surface area contributed by atoms with Gasteiger partial charge in [0.2, 0.25) is 10.0 Å². The van der Waals surface area contributed by atoms with Crippen LogP contribution >= 0.6 is 11.6 Å². The lowest BCUT2D eigenvalue weighted by Crippen LogP contribution is -2.39. The number of benzene rings is 3. The summed E-state index contributed by atoms with van der Waals surface area (Å²) >= 11 is 6.19. The zero-order valence-electron chi connectivity index (χ0n) is 20.2. The smallest absolute Gasteiger partial charge is 0.261 e. The van der Waals surface area contributed by atoms with E-state index in [1.807, 2.05) is 51.1 Å². The summed E-state index contributed by atoms with van der Waals surface area (Å²) in [5.74, 6) is 0.440. The Balaban J connectivity index is 1.90. The standard InChI is InChI=1S/C27H30ClN3O3S/c1-4-7-16-31(35(33,34)22-14-12-19-10-8-9-11-20(19)17-22)25(5-2)26-29-24-18-21(28)13-15-23(24)27(32)30(26)6-3/h8-15,17-18,25H,4-7,16H2,1-3H3. The average molecular weight is 512 g/mol. The molecule has 35 heavy (non-hydrogen) atoms. The number of aromatic nitrogens is 2. The third-order valence-corrected chi connectivity index (χ3v) is 8.49. The van der Waals surface area contributed by atoms with Crippen molar-refractivity contribution in [3.63, 3.8) is 0 Å². The van der Waals surface area contributed by atoms with Gasteiger partial charge in [-0.1, -0.05) is 62.2 Å². The van der Waals surface area contributed by atoms with Crippen molar-refractivity contribution in [1.82, 2.24) is 13.9 Å². The van der Waals surface area contributed by atoms with E-state index in [1.54, 1.807) is 34.9 Å². The van der Waals surface area contributed by atoms with Crippen LogP contribution in [0, 0.1) is 0 Å². The molecule has 0 saturated carbocycles. The quantitative estimate of drug-likeness (QED) is 0.269. The molecular weight excluding hydrogens is 482 g/mol. The fourth-order valence-corrected chi connectivity index (χ4v) is 6.41. The Morgan fingerprint density at radius 3 is 2.43 bits per heavy atom. The van der Waals surface area contributed by atoms with E-state index in [2.05, 4.69) is 0 Å². The summed E-state index contributed by atoms with van der Waals surface area (Å²) in [5, 5.41) is 2.78. The largest absolute Gasteiger partial charge is 0.295 e. The first-order valence-electron chi connectivity index (χ1n) is 12.0. The molecular formula is C27H30ClN3O3S. The number of rotatable bonds is 9. The molecule has 1 atom stereocenters. The third kappa shape index (κ3) is 4.85. The molecule has 0 N–H and O–H groups in total. The van der Waals surface area contributed by atoms with Gasteiger partial charge in [-0.25, -0.2) is 13.4 Å². The van der Waals surface area contributed by atoms with Gasteiger partial charge in [0.15, 0.2) is 0 Å². The van der Waals surface area contributed by atoms with Crippen LogP contribution in [0.2, 0.25) is 5.02 Å². The molecule has 184 valence electrons. The van der Waals surface area contributed by atoms with Crippen LogP contribution in [0.3, 0.4) is 0 Å². The summed E-state index contributed by atoms with van der Waals surface area (Å²) in [7, 11) is -3.87. The molecule has 6 nitrogen and oxygen atoms in total. The number of halogens is 1. The Morgan fingerprint density at radius 2 is 1.74 bits per heavy atom. The second-order valence-corrected chi connectivity index (χ2v) is 10.9. The highest BCUT2D eigenvalue weighted by atomic mass is 35.5. The predicted molar refractivity (Wildman–Crippen MR) is 142 cm³/mol. The van der Waals surface area contributed by atoms with E-state index < -0.39 is 16.1 Å². The molecule has 0 amide bonds. The van der Waals surface area contributed by atoms with Gasteiger partial charge in [-0.05, 0) is 60.9 Å². The molecule has 3 aromatic carbocycles. The van der Waals surface area contributed by atoms with Gasteiger partial charge in [0.25, 0.3) is 5.56 Å². The first-order chi connectivity index (χ1) is 16.8. The second kappa shape index (κ2) is 10.5. The van der Waals surface area contributed by atoms with Crippen LogP contribution in [-0.2, 0) is 16.6 Å². The molecule has 0 aliphatic carbocycles. The van der Waals surface area contributed by atoms with Crippen LogP contribution in [-0.4, -0.2) is 28.8 Å². The molecule has 0 fully saturated rings. The van der Waals surface area contributed by atoms with Gasteiger partial charge in [0.1, 0.15) is 5.82 Å². The fourth-order valence-electron chi connectivity index (χ4n) is 4.51. The number of nitrogens with zero attached hydrogens (tertiary/aromatic N) is 3. The Kier molecular flexibility index (Phi) is 7.59. The number of hydrogen-bond acceptors (Lipinski definition) is 4. The topological polar surface area (TPSA) is 72.3 Å². The minimum Gasteiger partial charge on any atom is -0.295 e. The summed E-state index contributed by atoms with van der Waals surface area (Å²) in [4.78, 5) is 18.4. The van der Waals surface area contributed by atoms with E-state index in [4.69, 9.17) is 16.6 Å². The summed E-state index contributed by atoms with van der Waals surface area (Å²) in [6.07, 6.45) is 2.00. The van der Waals surface area contributed by atoms with Gasteiger partial charge in [-0.15, -0.1) is 0 Å². The van der Waals surface area contributed by atoms with Gasteiger partial charge in [0, 0.05) is 18.1 Å². The van der Waals surface area contributed by atoms with Crippen LogP contribution < -0.4 is 5.56 Å². The Hall–Kier alpha value is -2.74. The van der Waals surface area contributed by atoms with Crippen LogP contribution in [0.15, 0.2) is 70.4 Å². The van der Waals surface area contributed by atoms with E-state index in [0.29, 0.717) is 47.7 Å². The van der Waals surface area contributed by atoms with E-state index >= 15 is 0 Å². The fraction of sp³-hybridized carbons (Fsp3) is 0.333. The summed E-state index contributed by atoms with van der Waals surface area (Å²) in [6.45, 7) is 6.54. The van der Waals surface area contributed by atoms with Crippen LogP contribution in [0.25, 0.3) is 21.7 Å². The van der Waals surface area contributed by atoms with Gasteiger partial charge >= 0.3 is 0 Å². The van der Waals surface area contributed by atoms with Crippen molar-refractivity contribution in [2.45, 2.75) is 57.5 Å². The van der Waals surface area contributed by atoms with Crippen molar-refractivity contribution in [3.05, 3.63) is 81.9 Å². The normalized spacial score (nSPS) is 13.1. The molecule has 1 heterocycles. The molecule has 0 aliphatic heterocycles. The zero-order chi connectivity index (χ0) is 25.2. The number of hydrogen-bond donors (Lipinski definition) is 0. The number of unbranched alkanes of at least 4 members (excludes halogenated alkanes) is 1. The second-order valence-electron chi connectivity index (χ2n) is 8.58. The third-order valence-electron chi connectivity index (χ3n) is 6.36. The summed E-state index contributed by atoms with van der Waals surface area (Å²) < 4.78 is 31.2. The highest BCUT2D eigenvalue weighted by Crippen LogP contribution is 2.32. The van der Waals surface area contributed by atoms with E-state index in [1.165, 1.54) is 4.31 Å². The van der Waals surface area contributed by atoms with Crippen LogP contribution in [0.5, 0.6) is 0 Å². The lowest BCUT2D eigenvalue weighted by atomic mass is 10.1. The van der Waals surface area contributed by atoms with E-state index in [0.717, 1.165) is 17.2 Å². The molecule has 4 rings (SSSR count). The van der Waals surface area contributed by atoms with Crippen molar-refractivity contribution in [2.75, 3.05) is 6.54 Å². The molecule has 1 unspecified atom stereocenters. The molecule has 0 bridgehead atoms. The van der Waals surface area contributed by atoms with Crippen molar-refractivity contribution in [3.8, 4) is 0 Å². The Labute approximate surface area is 211 Å². The van der Waals surface area contributed by atoms with Crippen LogP contribution in [0.1, 0.15) is 51.9 Å². The van der Waals surface area contributed by atoms with E-state index in [-0.39, 0.29) is 10.5 Å². The van der Waals surface area contributed by atoms with Crippen molar-refractivity contribution < 1.29 is 8.42 Å². The summed E-state index contributed by atoms with van der Waals surface area (Å²) in [5.41, 5.74) is 0.278. The number of fused-ring (bicyclic) bond motifs is 2. The Bertz CT molecular complexity index is 1530. The minimum atomic E-state index is -3.87. The van der Waals surface area contributed by atoms with Crippen molar-refractivity contribution in [2.24, 2.45) is 0 Å². The molecule has 0 saturated heterocycles. The average Bonchev–Trinajstić information content (AvgIpc) is 2.86. The maximum absolute atomic E-state index is 14.0. The van der Waals surface area contributed by atoms with Gasteiger partial charge in [-0.2, -0.15) is 4.31 Å². The lowest BCUT2D eigenvalue weighted by Gasteiger charge is -2.31. The zero-order valence-corrected chi connectivity index (χ0v) is 21.8. The van der Waals surface area contributed by atoms with Crippen LogP contribution in [0.4, 0.5) is 0 Å². The maximum Gasteiger partial charge on any atom is 0.261 e. The summed E-state index contributed by atoms with van der Waals surface area (Å²) in [6, 6.07) is 17.3. The van der Waals surface area contributed by atoms with Crippen molar-refractivity contribution >= 4 is 43.3 Å². The first-order valence-corrected chi connectivity index (χ1v) is 13.8. The molecule has 8 heteroatoms. The minimum absolute atomic E-state index is 0.193. The molecule has 4 aromatic rings. The molecule has 1 aromatic heterocycles. The molecule has 0 radical (unpaired) electrons. The van der Waals surface area contributed by atoms with Crippen molar-refractivity contribution in [1.29, 1.82) is 0 Å². The molecule has 0 spiro atoms. The Morgan fingerprint density at radius 1 is 1.00 bits per heavy atom. The predicted octanol–water partition coefficient (Wildman–Crippen LogP) is 6.17. The maximum atomic E-state index is 14.0.